The monoisotopic (exact) mass is 279 g/mol. The summed E-state index contributed by atoms with van der Waals surface area (Å²) in [5.41, 5.74) is 3.13. The number of ether oxygens (including phenoxy) is 1. The summed E-state index contributed by atoms with van der Waals surface area (Å²) < 4.78 is 8.04. The van der Waals surface area contributed by atoms with Gasteiger partial charge in [0.25, 0.3) is 0 Å². The van der Waals surface area contributed by atoms with Gasteiger partial charge in [0, 0.05) is 19.2 Å². The molecule has 1 aromatic carbocycles. The van der Waals surface area contributed by atoms with Crippen molar-refractivity contribution in [1.29, 1.82) is 0 Å². The average Bonchev–Trinajstić information content (AvgIpc) is 3.14. The zero-order valence-corrected chi connectivity index (χ0v) is 11.8. The van der Waals surface area contributed by atoms with Gasteiger partial charge in [-0.3, -0.25) is 4.57 Å². The first-order valence-corrected chi connectivity index (χ1v) is 7.39. The lowest BCUT2D eigenvalue weighted by Gasteiger charge is -2.15. The largest absolute Gasteiger partial charge is 0.358 e. The van der Waals surface area contributed by atoms with E-state index < -0.39 is 0 Å². The molecule has 4 nitrogen and oxygen atoms in total. The van der Waals surface area contributed by atoms with Crippen LogP contribution in [0.2, 0.25) is 0 Å². The SMILES string of the molecule is c1ccc(Cc2nc3cccnc3n2C2CCCO2)cc1. The Kier molecular flexibility index (Phi) is 3.16. The van der Waals surface area contributed by atoms with Crippen LogP contribution in [0.4, 0.5) is 0 Å². The fraction of sp³-hybridized carbons (Fsp3) is 0.294. The van der Waals surface area contributed by atoms with Gasteiger partial charge in [-0.25, -0.2) is 9.97 Å². The molecule has 0 bridgehead atoms. The van der Waals surface area contributed by atoms with Crippen molar-refractivity contribution >= 4 is 11.2 Å². The van der Waals surface area contributed by atoms with Gasteiger partial charge in [-0.2, -0.15) is 0 Å². The van der Waals surface area contributed by atoms with E-state index in [1.807, 2.05) is 24.4 Å². The number of pyridine rings is 1. The molecule has 0 aliphatic carbocycles. The Hall–Kier alpha value is -2.20. The second-order valence-electron chi connectivity index (χ2n) is 5.37. The van der Waals surface area contributed by atoms with Crippen molar-refractivity contribution in [1.82, 2.24) is 14.5 Å². The molecule has 1 aliphatic rings. The summed E-state index contributed by atoms with van der Waals surface area (Å²) >= 11 is 0. The number of nitrogens with zero attached hydrogens (tertiary/aromatic N) is 3. The normalized spacial score (nSPS) is 18.4. The van der Waals surface area contributed by atoms with E-state index in [9.17, 15) is 0 Å². The third-order valence-electron chi connectivity index (χ3n) is 3.92. The molecule has 0 radical (unpaired) electrons. The number of hydrogen-bond donors (Lipinski definition) is 0. The molecule has 1 atom stereocenters. The van der Waals surface area contributed by atoms with Crippen LogP contribution in [0.25, 0.3) is 11.2 Å². The molecule has 0 amide bonds. The van der Waals surface area contributed by atoms with E-state index in [4.69, 9.17) is 9.72 Å². The molecule has 106 valence electrons. The standard InChI is InChI=1S/C17H17N3O/c1-2-6-13(7-3-1)12-15-19-14-8-4-10-18-17(14)20(15)16-9-5-11-21-16/h1-4,6-8,10,16H,5,9,11-12H2. The molecule has 2 aromatic heterocycles. The Balaban J connectivity index is 1.81. The van der Waals surface area contributed by atoms with Crippen molar-refractivity contribution in [2.45, 2.75) is 25.5 Å². The lowest BCUT2D eigenvalue weighted by molar-refractivity contribution is 0.0573. The molecule has 4 rings (SSSR count). The fourth-order valence-electron chi connectivity index (χ4n) is 2.95. The summed E-state index contributed by atoms with van der Waals surface area (Å²) in [6.45, 7) is 0.821. The third kappa shape index (κ3) is 2.32. The maximum Gasteiger partial charge on any atom is 0.162 e. The van der Waals surface area contributed by atoms with E-state index >= 15 is 0 Å². The first-order valence-electron chi connectivity index (χ1n) is 7.39. The highest BCUT2D eigenvalue weighted by molar-refractivity contribution is 5.71. The van der Waals surface area contributed by atoms with Gasteiger partial charge in [0.1, 0.15) is 17.6 Å². The van der Waals surface area contributed by atoms with Crippen LogP contribution < -0.4 is 0 Å². The van der Waals surface area contributed by atoms with Crippen LogP contribution in [0.15, 0.2) is 48.7 Å². The third-order valence-corrected chi connectivity index (χ3v) is 3.92. The molecule has 0 spiro atoms. The zero-order valence-electron chi connectivity index (χ0n) is 11.8. The van der Waals surface area contributed by atoms with Gasteiger partial charge < -0.3 is 4.74 Å². The van der Waals surface area contributed by atoms with E-state index in [0.29, 0.717) is 0 Å². The molecule has 0 N–H and O–H groups in total. The van der Waals surface area contributed by atoms with Gasteiger partial charge in [0.15, 0.2) is 5.65 Å². The lowest BCUT2D eigenvalue weighted by Crippen LogP contribution is -2.12. The van der Waals surface area contributed by atoms with Crippen LogP contribution in [0, 0.1) is 0 Å². The number of rotatable bonds is 3. The summed E-state index contributed by atoms with van der Waals surface area (Å²) in [7, 11) is 0. The minimum absolute atomic E-state index is 0.0728. The molecule has 21 heavy (non-hydrogen) atoms. The van der Waals surface area contributed by atoms with Gasteiger partial charge in [-0.05, 0) is 30.5 Å². The maximum absolute atomic E-state index is 5.87. The van der Waals surface area contributed by atoms with Gasteiger partial charge >= 0.3 is 0 Å². The van der Waals surface area contributed by atoms with Crippen molar-refractivity contribution in [3.8, 4) is 0 Å². The molecular weight excluding hydrogens is 262 g/mol. The van der Waals surface area contributed by atoms with Crippen molar-refractivity contribution in [2.75, 3.05) is 6.61 Å². The van der Waals surface area contributed by atoms with E-state index in [1.165, 1.54) is 5.56 Å². The Morgan fingerprint density at radius 2 is 2.05 bits per heavy atom. The molecule has 1 saturated heterocycles. The zero-order chi connectivity index (χ0) is 14.1. The lowest BCUT2D eigenvalue weighted by atomic mass is 10.1. The number of benzene rings is 1. The first-order chi connectivity index (χ1) is 10.4. The quantitative estimate of drug-likeness (QED) is 0.738. The van der Waals surface area contributed by atoms with Crippen LogP contribution in [-0.2, 0) is 11.2 Å². The Morgan fingerprint density at radius 1 is 1.14 bits per heavy atom. The summed E-state index contributed by atoms with van der Waals surface area (Å²) in [4.78, 5) is 9.28. The van der Waals surface area contributed by atoms with E-state index in [2.05, 4.69) is 33.8 Å². The van der Waals surface area contributed by atoms with Crippen molar-refractivity contribution in [2.24, 2.45) is 0 Å². The molecule has 1 aliphatic heterocycles. The van der Waals surface area contributed by atoms with Gasteiger partial charge in [0.2, 0.25) is 0 Å². The van der Waals surface area contributed by atoms with Crippen molar-refractivity contribution in [3.05, 3.63) is 60.0 Å². The summed E-state index contributed by atoms with van der Waals surface area (Å²) in [5.74, 6) is 1.03. The smallest absolute Gasteiger partial charge is 0.162 e. The summed E-state index contributed by atoms with van der Waals surface area (Å²) in [5, 5.41) is 0. The number of fused-ring (bicyclic) bond motifs is 1. The van der Waals surface area contributed by atoms with Crippen molar-refractivity contribution in [3.63, 3.8) is 0 Å². The summed E-state index contributed by atoms with van der Waals surface area (Å²) in [6.07, 6.45) is 4.83. The second-order valence-corrected chi connectivity index (χ2v) is 5.37. The molecule has 1 fully saturated rings. The number of aromatic nitrogens is 3. The van der Waals surface area contributed by atoms with Gasteiger partial charge in [0.05, 0.1) is 0 Å². The molecule has 3 aromatic rings. The van der Waals surface area contributed by atoms with Crippen LogP contribution in [0.5, 0.6) is 0 Å². The number of imidazole rings is 1. The predicted molar refractivity (Wildman–Crippen MR) is 81.0 cm³/mol. The van der Waals surface area contributed by atoms with Crippen molar-refractivity contribution < 1.29 is 4.74 Å². The van der Waals surface area contributed by atoms with Gasteiger partial charge in [-0.1, -0.05) is 30.3 Å². The maximum atomic E-state index is 5.87. The molecule has 1 unspecified atom stereocenters. The molecule has 3 heterocycles. The van der Waals surface area contributed by atoms with E-state index in [1.54, 1.807) is 0 Å². The summed E-state index contributed by atoms with van der Waals surface area (Å²) in [6, 6.07) is 14.4. The Labute approximate surface area is 123 Å². The fourth-order valence-corrected chi connectivity index (χ4v) is 2.95. The highest BCUT2D eigenvalue weighted by Gasteiger charge is 2.23. The van der Waals surface area contributed by atoms with Gasteiger partial charge in [-0.15, -0.1) is 0 Å². The van der Waals surface area contributed by atoms with E-state index in [-0.39, 0.29) is 6.23 Å². The minimum Gasteiger partial charge on any atom is -0.358 e. The second kappa shape index (κ2) is 5.30. The number of hydrogen-bond acceptors (Lipinski definition) is 3. The topological polar surface area (TPSA) is 39.9 Å². The molecular formula is C17H17N3O. The first kappa shape index (κ1) is 12.5. The molecule has 0 saturated carbocycles. The van der Waals surface area contributed by atoms with Crippen LogP contribution in [-0.4, -0.2) is 21.1 Å². The highest BCUT2D eigenvalue weighted by atomic mass is 16.5. The van der Waals surface area contributed by atoms with Crippen LogP contribution in [0.1, 0.15) is 30.5 Å². The average molecular weight is 279 g/mol. The van der Waals surface area contributed by atoms with Crippen LogP contribution >= 0.6 is 0 Å². The van der Waals surface area contributed by atoms with E-state index in [0.717, 1.165) is 42.9 Å². The minimum atomic E-state index is 0.0728. The van der Waals surface area contributed by atoms with Crippen LogP contribution in [0.3, 0.4) is 0 Å². The molecule has 4 heteroatoms. The Morgan fingerprint density at radius 3 is 2.86 bits per heavy atom. The predicted octanol–water partition coefficient (Wildman–Crippen LogP) is 3.33. The highest BCUT2D eigenvalue weighted by Crippen LogP contribution is 2.29. The Bertz CT molecular complexity index is 745.